The number of hydrogen-bond acceptors (Lipinski definition) is 3. The second-order valence-corrected chi connectivity index (χ2v) is 7.54. The van der Waals surface area contributed by atoms with Crippen LogP contribution in [0, 0.1) is 11.8 Å². The molecule has 1 amide bonds. The average Bonchev–Trinajstić information content (AvgIpc) is 2.62. The highest BCUT2D eigenvalue weighted by atomic mass is 35.5. The number of rotatable bonds is 3. The van der Waals surface area contributed by atoms with Crippen molar-refractivity contribution in [3.05, 3.63) is 23.2 Å². The molecular weight excluding hydrogens is 336 g/mol. The Morgan fingerprint density at radius 1 is 1.16 bits per heavy atom. The smallest absolute Gasteiger partial charge is 0.227 e. The lowest BCUT2D eigenvalue weighted by Crippen LogP contribution is -2.25. The molecule has 1 aromatic rings. The molecule has 0 heterocycles. The zero-order valence-electron chi connectivity index (χ0n) is 14.7. The summed E-state index contributed by atoms with van der Waals surface area (Å²) >= 11 is 6.36. The van der Waals surface area contributed by atoms with Crippen LogP contribution in [-0.2, 0) is 9.59 Å². The number of halogens is 1. The van der Waals surface area contributed by atoms with Crippen molar-refractivity contribution in [3.8, 4) is 0 Å². The lowest BCUT2D eigenvalue weighted by molar-refractivity contribution is -0.121. The fourth-order valence-electron chi connectivity index (χ4n) is 3.65. The molecule has 0 saturated heterocycles. The Kier molecular flexibility index (Phi) is 5.89. The van der Waals surface area contributed by atoms with E-state index < -0.39 is 0 Å². The molecule has 0 radical (unpaired) electrons. The number of carbonyl (C=O) groups excluding carboxylic acids is 2. The van der Waals surface area contributed by atoms with Crippen molar-refractivity contribution in [3.63, 3.8) is 0 Å². The minimum Gasteiger partial charge on any atom is -0.326 e. The maximum atomic E-state index is 12.3. The molecule has 2 saturated carbocycles. The van der Waals surface area contributed by atoms with Crippen LogP contribution in [0.15, 0.2) is 23.2 Å². The van der Waals surface area contributed by atoms with Crippen molar-refractivity contribution in [1.29, 1.82) is 0 Å². The highest BCUT2D eigenvalue weighted by Crippen LogP contribution is 2.31. The van der Waals surface area contributed by atoms with Gasteiger partial charge in [-0.2, -0.15) is 0 Å². The Hall–Kier alpha value is -1.68. The fourth-order valence-corrected chi connectivity index (χ4v) is 3.88. The number of hydrogen-bond donors (Lipinski definition) is 1. The Labute approximate surface area is 154 Å². The zero-order chi connectivity index (χ0) is 17.8. The van der Waals surface area contributed by atoms with Crippen molar-refractivity contribution in [2.75, 3.05) is 5.32 Å². The molecule has 2 aliphatic rings. The van der Waals surface area contributed by atoms with Gasteiger partial charge in [0.25, 0.3) is 0 Å². The molecule has 0 bridgehead atoms. The summed E-state index contributed by atoms with van der Waals surface area (Å²) in [5.41, 5.74) is 2.27. The van der Waals surface area contributed by atoms with Crippen LogP contribution in [0.4, 0.5) is 11.4 Å². The summed E-state index contributed by atoms with van der Waals surface area (Å²) in [7, 11) is 0. The molecule has 3 rings (SSSR count). The van der Waals surface area contributed by atoms with E-state index >= 15 is 0 Å². The summed E-state index contributed by atoms with van der Waals surface area (Å²) in [5.74, 6) is 0.316. The van der Waals surface area contributed by atoms with Gasteiger partial charge in [-0.3, -0.25) is 14.6 Å². The summed E-state index contributed by atoms with van der Waals surface area (Å²) in [5, 5.41) is 3.47. The maximum absolute atomic E-state index is 12.3. The van der Waals surface area contributed by atoms with Gasteiger partial charge in [-0.15, -0.1) is 0 Å². The Morgan fingerprint density at radius 2 is 1.92 bits per heavy atom. The van der Waals surface area contributed by atoms with Gasteiger partial charge in [0.2, 0.25) is 5.91 Å². The number of carbonyl (C=O) groups is 2. The Morgan fingerprint density at radius 3 is 2.64 bits per heavy atom. The van der Waals surface area contributed by atoms with Crippen LogP contribution in [0.5, 0.6) is 0 Å². The van der Waals surface area contributed by atoms with Gasteiger partial charge in [0.05, 0.1) is 16.6 Å². The quantitative estimate of drug-likeness (QED) is 0.792. The van der Waals surface area contributed by atoms with Crippen molar-refractivity contribution >= 4 is 40.4 Å². The third-order valence-corrected chi connectivity index (χ3v) is 5.60. The van der Waals surface area contributed by atoms with Crippen LogP contribution in [0.1, 0.15) is 58.3 Å². The monoisotopic (exact) mass is 360 g/mol. The van der Waals surface area contributed by atoms with Gasteiger partial charge in [-0.1, -0.05) is 37.8 Å². The van der Waals surface area contributed by atoms with Crippen LogP contribution in [-0.4, -0.2) is 17.4 Å². The topological polar surface area (TPSA) is 58.5 Å². The van der Waals surface area contributed by atoms with Crippen LogP contribution in [0.3, 0.4) is 0 Å². The van der Waals surface area contributed by atoms with E-state index in [0.29, 0.717) is 22.8 Å². The second-order valence-electron chi connectivity index (χ2n) is 7.14. The minimum absolute atomic E-state index is 0.0846. The number of amides is 1. The zero-order valence-corrected chi connectivity index (χ0v) is 15.4. The van der Waals surface area contributed by atoms with E-state index in [-0.39, 0.29) is 23.5 Å². The molecule has 134 valence electrons. The van der Waals surface area contributed by atoms with Crippen molar-refractivity contribution in [1.82, 2.24) is 0 Å². The molecule has 4 nitrogen and oxygen atoms in total. The fraction of sp³-hybridized carbons (Fsp3) is 0.550. The Balaban J connectivity index is 1.70. The number of nitrogens with zero attached hydrogens (tertiary/aromatic N) is 1. The predicted octanol–water partition coefficient (Wildman–Crippen LogP) is 5.32. The highest BCUT2D eigenvalue weighted by Gasteiger charge is 2.24. The normalized spacial score (nSPS) is 23.7. The minimum atomic E-state index is -0.129. The number of anilines is 1. The third kappa shape index (κ3) is 4.49. The molecule has 1 unspecified atom stereocenters. The summed E-state index contributed by atoms with van der Waals surface area (Å²) < 4.78 is 0. The molecule has 0 aliphatic heterocycles. The summed E-state index contributed by atoms with van der Waals surface area (Å²) in [4.78, 5) is 28.8. The van der Waals surface area contributed by atoms with Gasteiger partial charge < -0.3 is 5.32 Å². The molecule has 0 spiro atoms. The molecule has 1 N–H and O–H groups in total. The first-order valence-corrected chi connectivity index (χ1v) is 9.63. The van der Waals surface area contributed by atoms with E-state index in [1.165, 1.54) is 6.42 Å². The van der Waals surface area contributed by atoms with Crippen molar-refractivity contribution in [2.24, 2.45) is 16.8 Å². The summed E-state index contributed by atoms with van der Waals surface area (Å²) in [6.45, 7) is 1.91. The molecular formula is C20H25ClN2O2. The average molecular weight is 361 g/mol. The maximum Gasteiger partial charge on any atom is 0.227 e. The van der Waals surface area contributed by atoms with Crippen LogP contribution in [0.2, 0.25) is 5.02 Å². The van der Waals surface area contributed by atoms with Gasteiger partial charge in [0, 0.05) is 23.7 Å². The molecule has 5 heteroatoms. The predicted molar refractivity (Wildman–Crippen MR) is 102 cm³/mol. The number of Topliss-reactive ketones (excluding diaryl/α,β-unsaturated/α-hetero) is 1. The lowest BCUT2D eigenvalue weighted by atomic mass is 9.87. The van der Waals surface area contributed by atoms with E-state index in [1.807, 2.05) is 19.1 Å². The van der Waals surface area contributed by atoms with E-state index in [2.05, 4.69) is 10.3 Å². The van der Waals surface area contributed by atoms with Crippen LogP contribution >= 0.6 is 11.6 Å². The molecule has 25 heavy (non-hydrogen) atoms. The first-order valence-electron chi connectivity index (χ1n) is 9.25. The number of aliphatic imine (C=N–C) groups is 1. The molecule has 1 atom stereocenters. The van der Waals surface area contributed by atoms with E-state index in [4.69, 9.17) is 11.6 Å². The van der Waals surface area contributed by atoms with E-state index in [1.54, 1.807) is 6.07 Å². The SMILES string of the molecule is CC1C(=O)CCCC1=Nc1ccc(NC(=O)C2CCCCC2)cc1Cl. The van der Waals surface area contributed by atoms with Gasteiger partial charge >= 0.3 is 0 Å². The van der Waals surface area contributed by atoms with Gasteiger partial charge in [0.15, 0.2) is 0 Å². The molecule has 0 aromatic heterocycles. The third-order valence-electron chi connectivity index (χ3n) is 5.29. The first-order chi connectivity index (χ1) is 12.0. The standard InChI is InChI=1S/C20H25ClN2O2/c1-13-17(8-5-9-19(13)24)23-18-11-10-15(12-16(18)21)22-20(25)14-6-3-2-4-7-14/h10-14H,2-9H2,1H3,(H,22,25). The first kappa shape index (κ1) is 18.1. The molecule has 2 fully saturated rings. The highest BCUT2D eigenvalue weighted by molar-refractivity contribution is 6.33. The number of nitrogens with one attached hydrogen (secondary N) is 1. The molecule has 2 aliphatic carbocycles. The Bertz CT molecular complexity index is 693. The number of benzene rings is 1. The van der Waals surface area contributed by atoms with Gasteiger partial charge in [-0.25, -0.2) is 0 Å². The van der Waals surface area contributed by atoms with Crippen molar-refractivity contribution in [2.45, 2.75) is 58.3 Å². The van der Waals surface area contributed by atoms with Gasteiger partial charge in [-0.05, 0) is 43.9 Å². The van der Waals surface area contributed by atoms with Crippen LogP contribution in [0.25, 0.3) is 0 Å². The second kappa shape index (κ2) is 8.13. The summed E-state index contributed by atoms with van der Waals surface area (Å²) in [6.07, 6.45) is 7.76. The summed E-state index contributed by atoms with van der Waals surface area (Å²) in [6, 6.07) is 5.40. The van der Waals surface area contributed by atoms with Gasteiger partial charge in [0.1, 0.15) is 5.78 Å². The lowest BCUT2D eigenvalue weighted by Gasteiger charge is -2.21. The number of ketones is 1. The van der Waals surface area contributed by atoms with Crippen molar-refractivity contribution < 1.29 is 9.59 Å². The van der Waals surface area contributed by atoms with E-state index in [9.17, 15) is 9.59 Å². The van der Waals surface area contributed by atoms with E-state index in [0.717, 1.165) is 44.2 Å². The largest absolute Gasteiger partial charge is 0.326 e. The van der Waals surface area contributed by atoms with Crippen LogP contribution < -0.4 is 5.32 Å². The molecule has 1 aromatic carbocycles.